The summed E-state index contributed by atoms with van der Waals surface area (Å²) in [4.78, 5) is 14.5. The van der Waals surface area contributed by atoms with Crippen LogP contribution in [0.4, 0.5) is 0 Å². The van der Waals surface area contributed by atoms with Gasteiger partial charge in [-0.2, -0.15) is 0 Å². The molecule has 0 N–H and O–H groups in total. The summed E-state index contributed by atoms with van der Waals surface area (Å²) in [5.41, 5.74) is 2.82. The van der Waals surface area contributed by atoms with E-state index in [-0.39, 0.29) is 18.2 Å². The highest BCUT2D eigenvalue weighted by atomic mass is 32.2. The maximum atomic E-state index is 12.8. The predicted molar refractivity (Wildman–Crippen MR) is 89.0 cm³/mol. The number of amides is 1. The van der Waals surface area contributed by atoms with Crippen LogP contribution in [0.2, 0.25) is 0 Å². The highest BCUT2D eigenvalue weighted by molar-refractivity contribution is 7.90. The molecule has 4 nitrogen and oxygen atoms in total. The molecule has 1 aromatic carbocycles. The summed E-state index contributed by atoms with van der Waals surface area (Å²) in [7, 11) is -3.10. The fraction of sp³-hybridized carbons (Fsp3) is 0.588. The molecular weight excluding hydrogens is 298 g/mol. The van der Waals surface area contributed by atoms with Gasteiger partial charge >= 0.3 is 0 Å². The Labute approximate surface area is 133 Å². The average Bonchev–Trinajstić information content (AvgIpc) is 2.82. The fourth-order valence-electron chi connectivity index (χ4n) is 2.86. The Bertz CT molecular complexity index is 672. The Morgan fingerprint density at radius 1 is 1.18 bits per heavy atom. The Kier molecular flexibility index (Phi) is 4.66. The van der Waals surface area contributed by atoms with E-state index in [1.807, 2.05) is 39.0 Å². The van der Waals surface area contributed by atoms with E-state index in [0.29, 0.717) is 5.56 Å². The van der Waals surface area contributed by atoms with Gasteiger partial charge in [0.25, 0.3) is 5.91 Å². The number of aryl methyl sites for hydroxylation is 2. The van der Waals surface area contributed by atoms with Gasteiger partial charge < -0.3 is 4.90 Å². The Hall–Kier alpha value is -1.36. The van der Waals surface area contributed by atoms with E-state index in [2.05, 4.69) is 0 Å². The molecule has 0 aliphatic heterocycles. The number of hydrogen-bond acceptors (Lipinski definition) is 3. The van der Waals surface area contributed by atoms with E-state index in [0.717, 1.165) is 19.3 Å². The molecule has 0 atom stereocenters. The van der Waals surface area contributed by atoms with Crippen molar-refractivity contribution in [1.82, 2.24) is 4.90 Å². The lowest BCUT2D eigenvalue weighted by molar-refractivity contribution is 0.0601. The Morgan fingerprint density at radius 3 is 2.41 bits per heavy atom. The number of carbonyl (C=O) groups is 1. The largest absolute Gasteiger partial charge is 0.333 e. The third-order valence-electron chi connectivity index (χ3n) is 4.09. The van der Waals surface area contributed by atoms with Gasteiger partial charge in [0.2, 0.25) is 0 Å². The second-order valence-electron chi connectivity index (χ2n) is 7.09. The molecule has 1 aliphatic rings. The van der Waals surface area contributed by atoms with Crippen LogP contribution in [0.15, 0.2) is 18.2 Å². The van der Waals surface area contributed by atoms with Crippen molar-refractivity contribution in [3.05, 3.63) is 34.9 Å². The zero-order valence-electron chi connectivity index (χ0n) is 13.8. The number of benzene rings is 1. The molecular formula is C17H25NO3S. The maximum Gasteiger partial charge on any atom is 0.254 e. The zero-order chi connectivity index (χ0) is 16.5. The summed E-state index contributed by atoms with van der Waals surface area (Å²) < 4.78 is 22.9. The van der Waals surface area contributed by atoms with E-state index < -0.39 is 15.4 Å². The minimum Gasteiger partial charge on any atom is -0.333 e. The summed E-state index contributed by atoms with van der Waals surface area (Å²) in [6.45, 7) is 6.01. The highest BCUT2D eigenvalue weighted by Gasteiger charge is 2.28. The van der Waals surface area contributed by atoms with Crippen molar-refractivity contribution in [3.63, 3.8) is 0 Å². The minimum absolute atomic E-state index is 0.0129. The zero-order valence-corrected chi connectivity index (χ0v) is 14.7. The average molecular weight is 323 g/mol. The molecule has 0 aromatic heterocycles. The minimum atomic E-state index is -3.10. The number of nitrogens with zero attached hydrogens (tertiary/aromatic N) is 1. The van der Waals surface area contributed by atoms with Crippen LogP contribution >= 0.6 is 0 Å². The highest BCUT2D eigenvalue weighted by Crippen LogP contribution is 2.25. The van der Waals surface area contributed by atoms with Gasteiger partial charge in [-0.3, -0.25) is 4.79 Å². The topological polar surface area (TPSA) is 54.5 Å². The van der Waals surface area contributed by atoms with Crippen molar-refractivity contribution in [2.24, 2.45) is 0 Å². The van der Waals surface area contributed by atoms with Gasteiger partial charge in [-0.1, -0.05) is 6.07 Å². The number of rotatable bonds is 4. The molecule has 0 spiro atoms. The van der Waals surface area contributed by atoms with Crippen LogP contribution in [-0.2, 0) is 22.7 Å². The lowest BCUT2D eigenvalue weighted by Gasteiger charge is -2.35. The molecule has 1 amide bonds. The van der Waals surface area contributed by atoms with Gasteiger partial charge in [0.1, 0.15) is 9.84 Å². The molecule has 0 fully saturated rings. The van der Waals surface area contributed by atoms with E-state index >= 15 is 0 Å². The third kappa shape index (κ3) is 4.09. The first-order valence-electron chi connectivity index (χ1n) is 7.69. The monoisotopic (exact) mass is 323 g/mol. The molecule has 0 radical (unpaired) electrons. The molecule has 0 unspecified atom stereocenters. The summed E-state index contributed by atoms with van der Waals surface area (Å²) >= 11 is 0. The molecule has 0 saturated heterocycles. The van der Waals surface area contributed by atoms with Crippen LogP contribution in [-0.4, -0.2) is 43.3 Å². The predicted octanol–water partition coefficient (Wildman–Crippen LogP) is 2.46. The molecule has 0 heterocycles. The van der Waals surface area contributed by atoms with E-state index in [4.69, 9.17) is 0 Å². The number of hydrogen-bond donors (Lipinski definition) is 0. The first kappa shape index (κ1) is 17.0. The lowest BCUT2D eigenvalue weighted by Crippen LogP contribution is -2.47. The van der Waals surface area contributed by atoms with E-state index in [9.17, 15) is 13.2 Å². The standard InChI is InChI=1S/C17H25NO3S/c1-17(2,3)18(10-11-22(4,20)21)16(19)15-9-8-13-6-5-7-14(13)12-15/h8-9,12H,5-7,10-11H2,1-4H3. The van der Waals surface area contributed by atoms with Crippen molar-refractivity contribution in [3.8, 4) is 0 Å². The molecule has 2 rings (SSSR count). The summed E-state index contributed by atoms with van der Waals surface area (Å²) in [6.07, 6.45) is 4.45. The van der Waals surface area contributed by atoms with Crippen molar-refractivity contribution in [2.45, 2.75) is 45.6 Å². The van der Waals surface area contributed by atoms with Gasteiger partial charge in [0.15, 0.2) is 0 Å². The normalized spacial score (nSPS) is 14.7. The van der Waals surface area contributed by atoms with Crippen molar-refractivity contribution < 1.29 is 13.2 Å². The second-order valence-corrected chi connectivity index (χ2v) is 9.35. The molecule has 0 bridgehead atoms. The van der Waals surface area contributed by atoms with E-state index in [1.54, 1.807) is 4.90 Å². The third-order valence-corrected chi connectivity index (χ3v) is 5.01. The van der Waals surface area contributed by atoms with Crippen LogP contribution in [0.5, 0.6) is 0 Å². The molecule has 5 heteroatoms. The van der Waals surface area contributed by atoms with Crippen LogP contribution in [0.1, 0.15) is 48.7 Å². The number of carbonyl (C=O) groups excluding carboxylic acids is 1. The van der Waals surface area contributed by atoms with Crippen LogP contribution in [0, 0.1) is 0 Å². The lowest BCUT2D eigenvalue weighted by atomic mass is 10.0. The van der Waals surface area contributed by atoms with Gasteiger partial charge in [-0.15, -0.1) is 0 Å². The van der Waals surface area contributed by atoms with E-state index in [1.165, 1.54) is 17.4 Å². The van der Waals surface area contributed by atoms with Gasteiger partial charge in [-0.05, 0) is 63.3 Å². The molecule has 0 saturated carbocycles. The quantitative estimate of drug-likeness (QED) is 0.855. The summed E-state index contributed by atoms with van der Waals surface area (Å²) in [6, 6.07) is 5.88. The molecule has 1 aliphatic carbocycles. The Balaban J connectivity index is 2.25. The number of fused-ring (bicyclic) bond motifs is 1. The van der Waals surface area contributed by atoms with Crippen LogP contribution < -0.4 is 0 Å². The summed E-state index contributed by atoms with van der Waals surface area (Å²) in [5.74, 6) is -0.105. The first-order chi connectivity index (χ1) is 10.1. The Morgan fingerprint density at radius 2 is 1.82 bits per heavy atom. The summed E-state index contributed by atoms with van der Waals surface area (Å²) in [5, 5.41) is 0. The second kappa shape index (κ2) is 6.03. The van der Waals surface area contributed by atoms with Crippen LogP contribution in [0.25, 0.3) is 0 Å². The van der Waals surface area contributed by atoms with Gasteiger partial charge in [-0.25, -0.2) is 8.42 Å². The smallest absolute Gasteiger partial charge is 0.254 e. The fourth-order valence-corrected chi connectivity index (χ4v) is 3.37. The van der Waals surface area contributed by atoms with Gasteiger partial charge in [0.05, 0.1) is 5.75 Å². The number of sulfone groups is 1. The first-order valence-corrected chi connectivity index (χ1v) is 9.75. The SMILES string of the molecule is CC(C)(C)N(CCS(C)(=O)=O)C(=O)c1ccc2c(c1)CCC2. The molecule has 22 heavy (non-hydrogen) atoms. The molecule has 1 aromatic rings. The molecule has 122 valence electrons. The van der Waals surface area contributed by atoms with Crippen LogP contribution in [0.3, 0.4) is 0 Å². The van der Waals surface area contributed by atoms with Crippen molar-refractivity contribution in [2.75, 3.05) is 18.6 Å². The maximum absolute atomic E-state index is 12.8. The van der Waals surface area contributed by atoms with Crippen molar-refractivity contribution >= 4 is 15.7 Å². The van der Waals surface area contributed by atoms with Gasteiger partial charge in [0, 0.05) is 23.9 Å². The van der Waals surface area contributed by atoms with Crippen molar-refractivity contribution in [1.29, 1.82) is 0 Å².